The minimum Gasteiger partial charge on any atom is -0.270 e. The van der Waals surface area contributed by atoms with Crippen LogP contribution in [-0.2, 0) is 20.7 Å². The minimum atomic E-state index is -3.49. The number of hydrogen-bond acceptors (Lipinski definition) is 3. The zero-order valence-corrected chi connectivity index (χ0v) is 19.4. The Bertz CT molecular complexity index is 654. The Morgan fingerprint density at radius 3 is 1.90 bits per heavy atom. The van der Waals surface area contributed by atoms with Crippen molar-refractivity contribution in [2.75, 3.05) is 6.61 Å². The van der Waals surface area contributed by atoms with Gasteiger partial charge in [0, 0.05) is 0 Å². The lowest BCUT2D eigenvalue weighted by molar-refractivity contribution is 0.300. The van der Waals surface area contributed by atoms with Crippen molar-refractivity contribution in [2.24, 2.45) is 0 Å². The summed E-state index contributed by atoms with van der Waals surface area (Å²) >= 11 is 0. The molecule has 3 nitrogen and oxygen atoms in total. The normalized spacial score (nSPS) is 16.2. The number of hydrogen-bond donors (Lipinski definition) is 0. The fourth-order valence-electron chi connectivity index (χ4n) is 4.37. The maximum absolute atomic E-state index is 12.5. The Balaban J connectivity index is 1.43. The monoisotopic (exact) mass is 422 g/mol. The van der Waals surface area contributed by atoms with E-state index in [1.807, 2.05) is 24.3 Å². The molecule has 0 spiro atoms. The number of fused-ring (bicyclic) bond motifs is 1. The first-order chi connectivity index (χ1) is 14.1. The zero-order valence-electron chi connectivity index (χ0n) is 18.5. The lowest BCUT2D eigenvalue weighted by Gasteiger charge is -2.13. The molecule has 2 rings (SSSR count). The minimum absolute atomic E-state index is 0.332. The Hall–Kier alpha value is -0.870. The highest BCUT2D eigenvalue weighted by Gasteiger charge is 2.33. The molecular formula is C25H42O3S. The molecule has 0 amide bonds. The van der Waals surface area contributed by atoms with E-state index in [0.717, 1.165) is 30.4 Å². The van der Waals surface area contributed by atoms with Crippen LogP contribution in [0.4, 0.5) is 0 Å². The summed E-state index contributed by atoms with van der Waals surface area (Å²) in [6.45, 7) is 2.60. The molecular weight excluding hydrogens is 380 g/mol. The summed E-state index contributed by atoms with van der Waals surface area (Å²) in [6.07, 6.45) is 19.6. The number of unbranched alkanes of at least 4 members (excludes halogenated alkanes) is 13. The largest absolute Gasteiger partial charge is 0.274 e. The summed E-state index contributed by atoms with van der Waals surface area (Å²) in [4.78, 5) is 0. The number of rotatable bonds is 17. The SMILES string of the molecule is CCCCCCCCCCCCCCCCOS(=O)(=O)C1CCc2ccccc21. The van der Waals surface area contributed by atoms with Gasteiger partial charge in [-0.15, -0.1) is 0 Å². The first-order valence-electron chi connectivity index (χ1n) is 12.1. The van der Waals surface area contributed by atoms with E-state index in [-0.39, 0.29) is 0 Å². The van der Waals surface area contributed by atoms with Gasteiger partial charge in [-0.25, -0.2) is 0 Å². The molecule has 1 aromatic rings. The fraction of sp³-hybridized carbons (Fsp3) is 0.760. The van der Waals surface area contributed by atoms with Gasteiger partial charge in [-0.05, 0) is 30.4 Å². The van der Waals surface area contributed by atoms with Gasteiger partial charge in [-0.3, -0.25) is 4.18 Å². The van der Waals surface area contributed by atoms with E-state index in [0.29, 0.717) is 13.0 Å². The molecule has 0 aliphatic heterocycles. The molecule has 0 radical (unpaired) electrons. The Morgan fingerprint density at radius 1 is 0.793 bits per heavy atom. The summed E-state index contributed by atoms with van der Waals surface area (Å²) in [5, 5.41) is -0.467. The van der Waals surface area contributed by atoms with Gasteiger partial charge in [0.15, 0.2) is 0 Å². The van der Waals surface area contributed by atoms with Gasteiger partial charge in [-0.2, -0.15) is 8.42 Å². The average molecular weight is 423 g/mol. The van der Waals surface area contributed by atoms with E-state index < -0.39 is 15.4 Å². The molecule has 0 heterocycles. The molecule has 166 valence electrons. The van der Waals surface area contributed by atoms with Crippen molar-refractivity contribution < 1.29 is 12.6 Å². The third kappa shape index (κ3) is 9.21. The van der Waals surface area contributed by atoms with Crippen molar-refractivity contribution in [3.63, 3.8) is 0 Å². The average Bonchev–Trinajstić information content (AvgIpc) is 3.16. The molecule has 0 saturated heterocycles. The van der Waals surface area contributed by atoms with E-state index in [1.165, 1.54) is 77.0 Å². The molecule has 1 aliphatic rings. The maximum atomic E-state index is 12.5. The van der Waals surface area contributed by atoms with Crippen molar-refractivity contribution in [1.29, 1.82) is 0 Å². The quantitative estimate of drug-likeness (QED) is 0.193. The van der Waals surface area contributed by atoms with Gasteiger partial charge in [-0.1, -0.05) is 115 Å². The highest BCUT2D eigenvalue weighted by Crippen LogP contribution is 2.37. The van der Waals surface area contributed by atoms with Crippen molar-refractivity contribution in [2.45, 2.75) is 115 Å². The Kier molecular flexibility index (Phi) is 11.9. The van der Waals surface area contributed by atoms with Gasteiger partial charge in [0.1, 0.15) is 5.25 Å². The molecule has 4 heteroatoms. The third-order valence-corrected chi connectivity index (χ3v) is 7.85. The lowest BCUT2D eigenvalue weighted by atomic mass is 10.0. The van der Waals surface area contributed by atoms with Crippen LogP contribution in [0.1, 0.15) is 120 Å². The second kappa shape index (κ2) is 14.2. The predicted octanol–water partition coefficient (Wildman–Crippen LogP) is 7.50. The van der Waals surface area contributed by atoms with Crippen LogP contribution in [0.25, 0.3) is 0 Å². The van der Waals surface area contributed by atoms with Gasteiger partial charge >= 0.3 is 0 Å². The van der Waals surface area contributed by atoms with Crippen LogP contribution in [0.5, 0.6) is 0 Å². The lowest BCUT2D eigenvalue weighted by Crippen LogP contribution is -2.15. The number of aryl methyl sites for hydroxylation is 1. The molecule has 1 unspecified atom stereocenters. The third-order valence-electron chi connectivity index (χ3n) is 6.17. The van der Waals surface area contributed by atoms with Crippen LogP contribution >= 0.6 is 0 Å². The van der Waals surface area contributed by atoms with Crippen LogP contribution in [0, 0.1) is 0 Å². The van der Waals surface area contributed by atoms with Crippen molar-refractivity contribution >= 4 is 10.1 Å². The standard InChI is InChI=1S/C25H42O3S/c1-2-3-4-5-6-7-8-9-10-11-12-13-14-17-22-28-29(26,27)25-21-20-23-18-15-16-19-24(23)25/h15-16,18-19,25H,2-14,17,20-22H2,1H3. The molecule has 0 aromatic heterocycles. The topological polar surface area (TPSA) is 43.4 Å². The maximum Gasteiger partial charge on any atom is 0.274 e. The summed E-state index contributed by atoms with van der Waals surface area (Å²) in [6, 6.07) is 7.85. The first kappa shape index (κ1) is 24.4. The van der Waals surface area contributed by atoms with Crippen molar-refractivity contribution in [3.05, 3.63) is 35.4 Å². The van der Waals surface area contributed by atoms with Gasteiger partial charge in [0.2, 0.25) is 0 Å². The Morgan fingerprint density at radius 2 is 1.31 bits per heavy atom. The van der Waals surface area contributed by atoms with E-state index in [4.69, 9.17) is 4.18 Å². The van der Waals surface area contributed by atoms with Crippen molar-refractivity contribution in [3.8, 4) is 0 Å². The second-order valence-corrected chi connectivity index (χ2v) is 10.4. The Labute approximate surface area is 179 Å². The van der Waals surface area contributed by atoms with Crippen LogP contribution in [0.15, 0.2) is 24.3 Å². The highest BCUT2D eigenvalue weighted by atomic mass is 32.2. The predicted molar refractivity (Wildman–Crippen MR) is 123 cm³/mol. The molecule has 0 saturated carbocycles. The fourth-order valence-corrected chi connectivity index (χ4v) is 5.83. The van der Waals surface area contributed by atoms with Gasteiger partial charge in [0.25, 0.3) is 10.1 Å². The van der Waals surface area contributed by atoms with Gasteiger partial charge < -0.3 is 0 Å². The molecule has 29 heavy (non-hydrogen) atoms. The van der Waals surface area contributed by atoms with Crippen molar-refractivity contribution in [1.82, 2.24) is 0 Å². The molecule has 1 atom stereocenters. The highest BCUT2D eigenvalue weighted by molar-refractivity contribution is 7.87. The summed E-state index contributed by atoms with van der Waals surface area (Å²) < 4.78 is 30.4. The van der Waals surface area contributed by atoms with E-state index >= 15 is 0 Å². The molecule has 0 bridgehead atoms. The van der Waals surface area contributed by atoms with Gasteiger partial charge in [0.05, 0.1) is 6.61 Å². The van der Waals surface area contributed by atoms with Crippen LogP contribution in [-0.4, -0.2) is 15.0 Å². The van der Waals surface area contributed by atoms with Crippen LogP contribution < -0.4 is 0 Å². The summed E-state index contributed by atoms with van der Waals surface area (Å²) in [5.74, 6) is 0. The molecule has 1 aliphatic carbocycles. The van der Waals surface area contributed by atoms with E-state index in [1.54, 1.807) is 0 Å². The van der Waals surface area contributed by atoms with Crippen LogP contribution in [0.2, 0.25) is 0 Å². The summed E-state index contributed by atoms with van der Waals surface area (Å²) in [5.41, 5.74) is 2.09. The number of benzene rings is 1. The van der Waals surface area contributed by atoms with E-state index in [9.17, 15) is 8.42 Å². The second-order valence-electron chi connectivity index (χ2n) is 8.64. The van der Waals surface area contributed by atoms with Crippen LogP contribution in [0.3, 0.4) is 0 Å². The summed E-state index contributed by atoms with van der Waals surface area (Å²) in [7, 11) is -3.49. The molecule has 1 aromatic carbocycles. The zero-order chi connectivity index (χ0) is 20.8. The first-order valence-corrected chi connectivity index (χ1v) is 13.6. The van der Waals surface area contributed by atoms with E-state index in [2.05, 4.69) is 6.92 Å². The molecule has 0 N–H and O–H groups in total. The molecule has 0 fully saturated rings. The smallest absolute Gasteiger partial charge is 0.270 e.